The number of hydrogen-bond donors (Lipinski definition) is 1. The van der Waals surface area contributed by atoms with Crippen molar-refractivity contribution in [3.63, 3.8) is 0 Å². The Morgan fingerprint density at radius 1 is 1.57 bits per heavy atom. The van der Waals surface area contributed by atoms with Gasteiger partial charge in [0.1, 0.15) is 6.61 Å². The summed E-state index contributed by atoms with van der Waals surface area (Å²) in [5, 5.41) is 13.8. The summed E-state index contributed by atoms with van der Waals surface area (Å²) in [7, 11) is 2.57. The second kappa shape index (κ2) is 8.08. The van der Waals surface area contributed by atoms with E-state index in [0.717, 1.165) is 0 Å². The number of nitrogens with one attached hydrogen (secondary N) is 1. The van der Waals surface area contributed by atoms with Crippen LogP contribution in [0.2, 0.25) is 0 Å². The average Bonchev–Trinajstić information content (AvgIpc) is 2.44. The lowest BCUT2D eigenvalue weighted by atomic mass is 10.2. The predicted octanol–water partition coefficient (Wildman–Crippen LogP) is 3.25. The highest BCUT2D eigenvalue weighted by atomic mass is 33.1. The molecule has 21 heavy (non-hydrogen) atoms. The molecular weight excluding hydrogens is 314 g/mol. The van der Waals surface area contributed by atoms with Gasteiger partial charge >= 0.3 is 11.8 Å². The molecule has 0 bridgehead atoms. The zero-order valence-electron chi connectivity index (χ0n) is 12.0. The van der Waals surface area contributed by atoms with Gasteiger partial charge in [-0.25, -0.2) is 9.78 Å². The Morgan fingerprint density at radius 2 is 2.29 bits per heavy atom. The Morgan fingerprint density at radius 3 is 2.90 bits per heavy atom. The number of aromatic nitrogens is 1. The van der Waals surface area contributed by atoms with E-state index in [1.807, 2.05) is 13.8 Å². The minimum absolute atomic E-state index is 0.0320. The first-order valence-corrected chi connectivity index (χ1v) is 8.36. The molecule has 0 unspecified atom stereocenters. The van der Waals surface area contributed by atoms with Crippen LogP contribution in [0.5, 0.6) is 0 Å². The van der Waals surface area contributed by atoms with Crippen LogP contribution < -0.4 is 5.32 Å². The fourth-order valence-electron chi connectivity index (χ4n) is 1.20. The third-order valence-electron chi connectivity index (χ3n) is 2.17. The molecule has 0 saturated carbocycles. The standard InChI is InChI=1S/C12H17N3O4S2/c1-4-13-11(16)19-8-12(2,3)21-20-10-9(15(17)18)6-5-7-14-10/h5-7H,4,8H2,1-3H3,(H,13,16). The second-order valence-corrected chi connectivity index (χ2v) is 7.44. The third-order valence-corrected chi connectivity index (χ3v) is 5.37. The Labute approximate surface area is 130 Å². The van der Waals surface area contributed by atoms with Crippen molar-refractivity contribution in [1.29, 1.82) is 0 Å². The summed E-state index contributed by atoms with van der Waals surface area (Å²) >= 11 is 0. The highest BCUT2D eigenvalue weighted by Crippen LogP contribution is 2.42. The number of nitrogens with zero attached hydrogens (tertiary/aromatic N) is 2. The van der Waals surface area contributed by atoms with Crippen molar-refractivity contribution in [2.24, 2.45) is 0 Å². The SMILES string of the molecule is CCNC(=O)OCC(C)(C)SSc1ncccc1[N+](=O)[O-]. The van der Waals surface area contributed by atoms with Gasteiger partial charge in [-0.05, 0) is 37.6 Å². The molecule has 0 radical (unpaired) electrons. The number of carbonyl (C=O) groups is 1. The van der Waals surface area contributed by atoms with Gasteiger partial charge in [0.15, 0.2) is 5.03 Å². The van der Waals surface area contributed by atoms with Crippen molar-refractivity contribution >= 4 is 33.4 Å². The van der Waals surface area contributed by atoms with Crippen molar-refractivity contribution in [3.8, 4) is 0 Å². The van der Waals surface area contributed by atoms with E-state index in [4.69, 9.17) is 4.74 Å². The molecule has 0 aromatic carbocycles. The Hall–Kier alpha value is -1.48. The van der Waals surface area contributed by atoms with Crippen molar-refractivity contribution in [3.05, 3.63) is 28.4 Å². The molecule has 1 aromatic rings. The first kappa shape index (κ1) is 17.6. The lowest BCUT2D eigenvalue weighted by molar-refractivity contribution is -0.388. The quantitative estimate of drug-likeness (QED) is 0.465. The molecule has 0 fully saturated rings. The molecule has 9 heteroatoms. The number of pyridine rings is 1. The molecule has 0 aliphatic rings. The summed E-state index contributed by atoms with van der Waals surface area (Å²) in [6.07, 6.45) is 1.04. The van der Waals surface area contributed by atoms with Crippen LogP contribution in [0.3, 0.4) is 0 Å². The van der Waals surface area contributed by atoms with E-state index < -0.39 is 15.8 Å². The minimum Gasteiger partial charge on any atom is -0.448 e. The van der Waals surface area contributed by atoms with Crippen LogP contribution in [0, 0.1) is 10.1 Å². The van der Waals surface area contributed by atoms with Crippen LogP contribution in [0.15, 0.2) is 23.4 Å². The fraction of sp³-hybridized carbons (Fsp3) is 0.500. The molecule has 0 saturated heterocycles. The summed E-state index contributed by atoms with van der Waals surface area (Å²) in [5.74, 6) is 0. The topological polar surface area (TPSA) is 94.4 Å². The molecule has 7 nitrogen and oxygen atoms in total. The van der Waals surface area contributed by atoms with Crippen molar-refractivity contribution in [1.82, 2.24) is 10.3 Å². The van der Waals surface area contributed by atoms with Crippen LogP contribution >= 0.6 is 21.6 Å². The second-order valence-electron chi connectivity index (χ2n) is 4.62. The Balaban J connectivity index is 2.57. The summed E-state index contributed by atoms with van der Waals surface area (Å²) in [6, 6.07) is 2.93. The van der Waals surface area contributed by atoms with E-state index in [2.05, 4.69) is 10.3 Å². The molecule has 1 amide bonds. The summed E-state index contributed by atoms with van der Waals surface area (Å²) < 4.78 is 4.67. The van der Waals surface area contributed by atoms with Crippen LogP contribution in [0.25, 0.3) is 0 Å². The number of carbonyl (C=O) groups excluding carboxylic acids is 1. The number of rotatable bonds is 7. The zero-order chi connectivity index (χ0) is 15.9. The van der Waals surface area contributed by atoms with E-state index in [1.54, 1.807) is 6.92 Å². The first-order valence-electron chi connectivity index (χ1n) is 6.21. The van der Waals surface area contributed by atoms with E-state index in [-0.39, 0.29) is 12.3 Å². The molecular formula is C12H17N3O4S2. The molecule has 1 N–H and O–H groups in total. The van der Waals surface area contributed by atoms with Gasteiger partial charge in [-0.3, -0.25) is 10.1 Å². The van der Waals surface area contributed by atoms with Crippen LogP contribution in [0.4, 0.5) is 10.5 Å². The Bertz CT molecular complexity index is 511. The van der Waals surface area contributed by atoms with Gasteiger partial charge in [-0.15, -0.1) is 0 Å². The maximum Gasteiger partial charge on any atom is 0.407 e. The molecule has 0 aliphatic heterocycles. The lowest BCUT2D eigenvalue weighted by Crippen LogP contribution is -2.30. The first-order chi connectivity index (χ1) is 9.85. The lowest BCUT2D eigenvalue weighted by Gasteiger charge is -2.22. The van der Waals surface area contributed by atoms with E-state index in [0.29, 0.717) is 11.6 Å². The average molecular weight is 331 g/mol. The van der Waals surface area contributed by atoms with Crippen LogP contribution in [-0.2, 0) is 4.74 Å². The van der Waals surface area contributed by atoms with Crippen molar-refractivity contribution in [2.75, 3.05) is 13.2 Å². The highest BCUT2D eigenvalue weighted by Gasteiger charge is 2.24. The molecule has 1 rings (SSSR count). The maximum absolute atomic E-state index is 11.3. The van der Waals surface area contributed by atoms with Gasteiger partial charge in [-0.1, -0.05) is 10.8 Å². The molecule has 0 spiro atoms. The number of hydrogen-bond acceptors (Lipinski definition) is 7. The van der Waals surface area contributed by atoms with Gasteiger partial charge in [-0.2, -0.15) is 0 Å². The molecule has 116 valence electrons. The molecule has 0 atom stereocenters. The molecule has 1 aromatic heterocycles. The zero-order valence-corrected chi connectivity index (χ0v) is 13.6. The van der Waals surface area contributed by atoms with Gasteiger partial charge in [0.25, 0.3) is 0 Å². The van der Waals surface area contributed by atoms with E-state index in [9.17, 15) is 14.9 Å². The minimum atomic E-state index is -0.472. The van der Waals surface area contributed by atoms with Gasteiger partial charge in [0.05, 0.1) is 9.67 Å². The van der Waals surface area contributed by atoms with Gasteiger partial charge in [0, 0.05) is 18.8 Å². The van der Waals surface area contributed by atoms with Crippen LogP contribution in [0.1, 0.15) is 20.8 Å². The van der Waals surface area contributed by atoms with Gasteiger partial charge in [0.2, 0.25) is 0 Å². The predicted molar refractivity (Wildman–Crippen MR) is 83.4 cm³/mol. The molecule has 1 heterocycles. The summed E-state index contributed by atoms with van der Waals surface area (Å²) in [5.41, 5.74) is -0.0320. The summed E-state index contributed by atoms with van der Waals surface area (Å²) in [4.78, 5) is 25.7. The van der Waals surface area contributed by atoms with Gasteiger partial charge < -0.3 is 10.1 Å². The van der Waals surface area contributed by atoms with E-state index in [1.165, 1.54) is 39.9 Å². The number of nitro groups is 1. The van der Waals surface area contributed by atoms with E-state index >= 15 is 0 Å². The fourth-order valence-corrected chi connectivity index (χ4v) is 3.38. The maximum atomic E-state index is 11.3. The third kappa shape index (κ3) is 6.21. The number of alkyl carbamates (subject to hydrolysis) is 1. The van der Waals surface area contributed by atoms with Crippen molar-refractivity contribution < 1.29 is 14.5 Å². The number of ether oxygens (including phenoxy) is 1. The highest BCUT2D eigenvalue weighted by molar-refractivity contribution is 8.77. The number of amides is 1. The monoisotopic (exact) mass is 331 g/mol. The normalized spacial score (nSPS) is 11.0. The smallest absolute Gasteiger partial charge is 0.407 e. The molecule has 0 aliphatic carbocycles. The van der Waals surface area contributed by atoms with Crippen LogP contribution in [-0.4, -0.2) is 33.9 Å². The largest absolute Gasteiger partial charge is 0.448 e. The van der Waals surface area contributed by atoms with Crippen molar-refractivity contribution in [2.45, 2.75) is 30.5 Å². The summed E-state index contributed by atoms with van der Waals surface area (Å²) in [6.45, 7) is 6.27. The Kier molecular flexibility index (Phi) is 6.76.